The molecular formula is C25H21N3O3. The lowest BCUT2D eigenvalue weighted by molar-refractivity contribution is -0.134. The summed E-state index contributed by atoms with van der Waals surface area (Å²) in [6, 6.07) is 22.7. The van der Waals surface area contributed by atoms with Crippen LogP contribution in [0.1, 0.15) is 11.3 Å². The first kappa shape index (κ1) is 20.1. The molecule has 4 rings (SSSR count). The molecule has 4 aromatic rings. The van der Waals surface area contributed by atoms with E-state index in [1.165, 1.54) is 13.2 Å². The van der Waals surface area contributed by atoms with E-state index in [1.807, 2.05) is 72.2 Å². The Balaban J connectivity index is 2.00. The monoisotopic (exact) mass is 411 g/mol. The Morgan fingerprint density at radius 2 is 1.71 bits per heavy atom. The highest BCUT2D eigenvalue weighted by molar-refractivity contribution is 5.88. The molecule has 0 aliphatic carbocycles. The van der Waals surface area contributed by atoms with Gasteiger partial charge in [0, 0.05) is 23.5 Å². The molecule has 0 unspecified atom stereocenters. The molecule has 1 N–H and O–H groups in total. The summed E-state index contributed by atoms with van der Waals surface area (Å²) in [5, 5.41) is 3.86. The van der Waals surface area contributed by atoms with Gasteiger partial charge in [0.25, 0.3) is 0 Å². The zero-order chi connectivity index (χ0) is 21.8. The summed E-state index contributed by atoms with van der Waals surface area (Å²) < 4.78 is 6.58. The number of ether oxygens (including phenoxy) is 1. The molecule has 0 saturated heterocycles. The van der Waals surface area contributed by atoms with Crippen LogP contribution in [0.15, 0.2) is 83.7 Å². The van der Waals surface area contributed by atoms with Crippen LogP contribution in [0.2, 0.25) is 0 Å². The van der Waals surface area contributed by atoms with Crippen LogP contribution in [0.4, 0.5) is 11.5 Å². The van der Waals surface area contributed by atoms with Crippen molar-refractivity contribution < 1.29 is 9.53 Å². The molecule has 2 aromatic carbocycles. The first-order valence-electron chi connectivity index (χ1n) is 9.78. The Morgan fingerprint density at radius 1 is 1.03 bits per heavy atom. The van der Waals surface area contributed by atoms with Crippen molar-refractivity contribution in [2.24, 2.45) is 0 Å². The Labute approximate surface area is 179 Å². The van der Waals surface area contributed by atoms with E-state index in [0.717, 1.165) is 16.9 Å². The second-order valence-electron chi connectivity index (χ2n) is 6.97. The minimum absolute atomic E-state index is 0.130. The Hall–Kier alpha value is -4.19. The summed E-state index contributed by atoms with van der Waals surface area (Å²) in [5.41, 5.74) is 3.40. The predicted octanol–water partition coefficient (Wildman–Crippen LogP) is 4.62. The molecule has 0 fully saturated rings. The average molecular weight is 411 g/mol. The summed E-state index contributed by atoms with van der Waals surface area (Å²) in [6.45, 7) is 1.86. The molecule has 0 radical (unpaired) electrons. The van der Waals surface area contributed by atoms with Gasteiger partial charge in [-0.2, -0.15) is 0 Å². The summed E-state index contributed by atoms with van der Waals surface area (Å²) in [7, 11) is 1.32. The summed E-state index contributed by atoms with van der Waals surface area (Å²) in [4.78, 5) is 29.3. The van der Waals surface area contributed by atoms with Gasteiger partial charge in [0.15, 0.2) is 11.1 Å². The molecule has 0 aliphatic rings. The van der Waals surface area contributed by atoms with Gasteiger partial charge in [-0.15, -0.1) is 0 Å². The first-order valence-corrected chi connectivity index (χ1v) is 9.78. The molecule has 0 atom stereocenters. The number of anilines is 2. The molecule has 0 amide bonds. The number of methoxy groups -OCH3 is 1. The van der Waals surface area contributed by atoms with Gasteiger partial charge in [0.2, 0.25) is 0 Å². The van der Waals surface area contributed by atoms with Crippen molar-refractivity contribution in [1.82, 2.24) is 9.55 Å². The highest BCUT2D eigenvalue weighted by Gasteiger charge is 2.15. The zero-order valence-electron chi connectivity index (χ0n) is 17.2. The number of nitrogens with one attached hydrogen (secondary N) is 1. The number of nitrogens with zero attached hydrogens (tertiary/aromatic N) is 2. The fraction of sp³-hybridized carbons (Fsp3) is 0.0800. The van der Waals surface area contributed by atoms with E-state index >= 15 is 0 Å². The van der Waals surface area contributed by atoms with Gasteiger partial charge in [-0.3, -0.25) is 9.36 Å². The molecule has 6 nitrogen and oxygen atoms in total. The number of aromatic nitrogens is 2. The number of hydrogen-bond acceptors (Lipinski definition) is 5. The standard InChI is InChI=1S/C25H21N3O3/c1-17-15-19(13-14-23(30)31-2)27-25-24(17)21(29)16-22(26-18-9-5-3-6-10-18)28(25)20-11-7-4-8-12-20/h3-16,26H,1-2H3. The maximum Gasteiger partial charge on any atom is 0.330 e. The Bertz CT molecular complexity index is 1330. The SMILES string of the molecule is COC(=O)C=Cc1cc(C)c2c(=O)cc(Nc3ccccc3)n(-c3ccccc3)c2n1. The third-order valence-electron chi connectivity index (χ3n) is 4.84. The highest BCUT2D eigenvalue weighted by atomic mass is 16.5. The largest absolute Gasteiger partial charge is 0.466 e. The molecule has 0 bridgehead atoms. The van der Waals surface area contributed by atoms with E-state index in [4.69, 9.17) is 4.98 Å². The number of rotatable bonds is 5. The molecule has 2 aromatic heterocycles. The smallest absolute Gasteiger partial charge is 0.330 e. The number of carbonyl (C=O) groups is 1. The molecule has 31 heavy (non-hydrogen) atoms. The number of pyridine rings is 2. The molecule has 154 valence electrons. The quantitative estimate of drug-likeness (QED) is 0.383. The first-order chi connectivity index (χ1) is 15.1. The van der Waals surface area contributed by atoms with Gasteiger partial charge >= 0.3 is 5.97 Å². The topological polar surface area (TPSA) is 73.2 Å². The molecule has 2 heterocycles. The van der Waals surface area contributed by atoms with Crippen LogP contribution < -0.4 is 10.7 Å². The number of esters is 1. The zero-order valence-corrected chi connectivity index (χ0v) is 17.2. The van der Waals surface area contributed by atoms with Crippen LogP contribution in [0.3, 0.4) is 0 Å². The van der Waals surface area contributed by atoms with Crippen molar-refractivity contribution in [2.75, 3.05) is 12.4 Å². The second-order valence-corrected chi connectivity index (χ2v) is 6.97. The summed E-state index contributed by atoms with van der Waals surface area (Å²) in [5.74, 6) is 0.121. The van der Waals surface area contributed by atoms with E-state index in [1.54, 1.807) is 18.2 Å². The van der Waals surface area contributed by atoms with Crippen molar-refractivity contribution in [3.8, 4) is 5.69 Å². The van der Waals surface area contributed by atoms with Crippen molar-refractivity contribution in [3.05, 3.63) is 100 Å². The number of fused-ring (bicyclic) bond motifs is 1. The van der Waals surface area contributed by atoms with Crippen molar-refractivity contribution in [1.29, 1.82) is 0 Å². The van der Waals surface area contributed by atoms with Gasteiger partial charge in [-0.05, 0) is 48.9 Å². The highest BCUT2D eigenvalue weighted by Crippen LogP contribution is 2.26. The molecular weight excluding hydrogens is 390 g/mol. The minimum Gasteiger partial charge on any atom is -0.466 e. The van der Waals surface area contributed by atoms with Crippen LogP contribution >= 0.6 is 0 Å². The second kappa shape index (κ2) is 8.67. The molecule has 0 aliphatic heterocycles. The summed E-state index contributed by atoms with van der Waals surface area (Å²) in [6.07, 6.45) is 2.89. The van der Waals surface area contributed by atoms with Gasteiger partial charge < -0.3 is 10.1 Å². The van der Waals surface area contributed by atoms with E-state index in [2.05, 4.69) is 10.1 Å². The molecule has 0 saturated carbocycles. The van der Waals surface area contributed by atoms with Crippen LogP contribution in [-0.2, 0) is 9.53 Å². The number of para-hydroxylation sites is 2. The average Bonchev–Trinajstić information content (AvgIpc) is 2.78. The van der Waals surface area contributed by atoms with Crippen LogP contribution in [-0.4, -0.2) is 22.6 Å². The lowest BCUT2D eigenvalue weighted by Crippen LogP contribution is -2.15. The maximum absolute atomic E-state index is 13.0. The van der Waals surface area contributed by atoms with Gasteiger partial charge in [-0.1, -0.05) is 36.4 Å². The number of carbonyl (C=O) groups excluding carboxylic acids is 1. The Morgan fingerprint density at radius 3 is 2.39 bits per heavy atom. The third kappa shape index (κ3) is 4.23. The van der Waals surface area contributed by atoms with Crippen molar-refractivity contribution in [2.45, 2.75) is 6.92 Å². The van der Waals surface area contributed by atoms with Crippen LogP contribution in [0, 0.1) is 6.92 Å². The number of benzene rings is 2. The van der Waals surface area contributed by atoms with E-state index in [9.17, 15) is 9.59 Å². The number of aryl methyl sites for hydroxylation is 1. The van der Waals surface area contributed by atoms with Gasteiger partial charge in [-0.25, -0.2) is 9.78 Å². The fourth-order valence-corrected chi connectivity index (χ4v) is 3.43. The lowest BCUT2D eigenvalue weighted by atomic mass is 10.1. The van der Waals surface area contributed by atoms with Crippen molar-refractivity contribution in [3.63, 3.8) is 0 Å². The predicted molar refractivity (Wildman–Crippen MR) is 123 cm³/mol. The fourth-order valence-electron chi connectivity index (χ4n) is 3.43. The van der Waals surface area contributed by atoms with Gasteiger partial charge in [0.05, 0.1) is 18.2 Å². The van der Waals surface area contributed by atoms with Crippen LogP contribution in [0.5, 0.6) is 0 Å². The van der Waals surface area contributed by atoms with Crippen LogP contribution in [0.25, 0.3) is 22.8 Å². The van der Waals surface area contributed by atoms with E-state index in [-0.39, 0.29) is 5.43 Å². The van der Waals surface area contributed by atoms with E-state index in [0.29, 0.717) is 22.5 Å². The molecule has 0 spiro atoms. The lowest BCUT2D eigenvalue weighted by Gasteiger charge is -2.18. The maximum atomic E-state index is 13.0. The minimum atomic E-state index is -0.473. The third-order valence-corrected chi connectivity index (χ3v) is 4.84. The number of hydrogen-bond donors (Lipinski definition) is 1. The van der Waals surface area contributed by atoms with E-state index < -0.39 is 5.97 Å². The Kier molecular flexibility index (Phi) is 5.62. The summed E-state index contributed by atoms with van der Waals surface area (Å²) >= 11 is 0. The van der Waals surface area contributed by atoms with Crippen molar-refractivity contribution >= 4 is 34.6 Å². The molecule has 6 heteroatoms. The normalized spacial score (nSPS) is 11.0. The van der Waals surface area contributed by atoms with Gasteiger partial charge in [0.1, 0.15) is 5.82 Å².